The van der Waals surface area contributed by atoms with Crippen LogP contribution in [0.25, 0.3) is 0 Å². The number of ether oxygens (including phenoxy) is 2. The second-order valence-electron chi connectivity index (χ2n) is 7.40. The van der Waals surface area contributed by atoms with Gasteiger partial charge in [0.1, 0.15) is 5.75 Å². The number of hydrogen-bond donors (Lipinski definition) is 0. The number of ketones is 1. The lowest BCUT2D eigenvalue weighted by atomic mass is 10.1. The van der Waals surface area contributed by atoms with E-state index >= 15 is 0 Å². The molecule has 1 aromatic rings. The van der Waals surface area contributed by atoms with E-state index in [4.69, 9.17) is 13.9 Å². The van der Waals surface area contributed by atoms with E-state index in [1.165, 1.54) is 0 Å². The molecule has 0 aliphatic carbocycles. The second kappa shape index (κ2) is 8.79. The first-order valence-electron chi connectivity index (χ1n) is 8.64. The Balaban J connectivity index is 2.83. The first-order chi connectivity index (χ1) is 11.1. The minimum absolute atomic E-state index is 0.0665. The Kier molecular flexibility index (Phi) is 7.64. The fourth-order valence-electron chi connectivity index (χ4n) is 1.99. The van der Waals surface area contributed by atoms with Crippen LogP contribution in [0.4, 0.5) is 0 Å². The molecular weight excluding hydrogens is 320 g/mol. The van der Waals surface area contributed by atoms with Gasteiger partial charge in [-0.1, -0.05) is 32.9 Å². The normalized spacial score (nSPS) is 12.5. The number of rotatable bonds is 9. The molecule has 5 heteroatoms. The van der Waals surface area contributed by atoms with E-state index in [9.17, 15) is 4.79 Å². The molecular formula is C19H32O4Si. The molecule has 0 bridgehead atoms. The summed E-state index contributed by atoms with van der Waals surface area (Å²) in [5.41, 5.74) is 0.917. The fraction of sp³-hybridized carbons (Fsp3) is 0.632. The van der Waals surface area contributed by atoms with Gasteiger partial charge in [-0.2, -0.15) is 0 Å². The maximum atomic E-state index is 12.4. The Morgan fingerprint density at radius 2 is 1.71 bits per heavy atom. The molecule has 0 aromatic heterocycles. The molecule has 0 saturated carbocycles. The zero-order valence-electron chi connectivity index (χ0n) is 16.1. The van der Waals surface area contributed by atoms with Crippen molar-refractivity contribution in [2.75, 3.05) is 13.2 Å². The van der Waals surface area contributed by atoms with Crippen molar-refractivity contribution in [2.45, 2.75) is 65.5 Å². The SMILES string of the molecule is CCOC(OCC)C(=O)Cc1cccc(O[Si](C)(C)C(C)(C)C)c1. The largest absolute Gasteiger partial charge is 0.543 e. The second-order valence-corrected chi connectivity index (χ2v) is 12.1. The third-order valence-corrected chi connectivity index (χ3v) is 8.71. The Bertz CT molecular complexity index is 528. The highest BCUT2D eigenvalue weighted by atomic mass is 28.4. The molecule has 0 N–H and O–H groups in total. The van der Waals surface area contributed by atoms with Crippen LogP contribution in [0.3, 0.4) is 0 Å². The van der Waals surface area contributed by atoms with Gasteiger partial charge in [0.05, 0.1) is 0 Å². The molecule has 0 amide bonds. The van der Waals surface area contributed by atoms with Crippen LogP contribution in [0.1, 0.15) is 40.2 Å². The van der Waals surface area contributed by atoms with Crippen LogP contribution in [0.2, 0.25) is 18.1 Å². The van der Waals surface area contributed by atoms with Crippen molar-refractivity contribution in [1.29, 1.82) is 0 Å². The van der Waals surface area contributed by atoms with E-state index < -0.39 is 14.6 Å². The Labute approximate surface area is 147 Å². The molecule has 24 heavy (non-hydrogen) atoms. The number of Topliss-reactive ketones (excluding diaryl/α,β-unsaturated/α-hetero) is 1. The molecule has 0 saturated heterocycles. The highest BCUT2D eigenvalue weighted by Crippen LogP contribution is 2.37. The van der Waals surface area contributed by atoms with Crippen LogP contribution in [0.5, 0.6) is 5.75 Å². The van der Waals surface area contributed by atoms with Crippen molar-refractivity contribution >= 4 is 14.1 Å². The standard InChI is InChI=1S/C19H32O4Si/c1-8-21-18(22-9-2)17(20)14-15-11-10-12-16(13-15)23-24(6,7)19(3,4)5/h10-13,18H,8-9,14H2,1-7H3. The number of hydrogen-bond acceptors (Lipinski definition) is 4. The molecule has 0 spiro atoms. The molecule has 0 heterocycles. The Morgan fingerprint density at radius 1 is 1.12 bits per heavy atom. The summed E-state index contributed by atoms with van der Waals surface area (Å²) in [6.07, 6.45) is -0.510. The van der Waals surface area contributed by atoms with Gasteiger partial charge in [0.25, 0.3) is 0 Å². The molecule has 0 radical (unpaired) electrons. The van der Waals surface area contributed by atoms with Crippen molar-refractivity contribution in [1.82, 2.24) is 0 Å². The highest BCUT2D eigenvalue weighted by Gasteiger charge is 2.39. The number of carbonyl (C=O) groups is 1. The summed E-state index contributed by atoms with van der Waals surface area (Å²) >= 11 is 0. The van der Waals surface area contributed by atoms with Gasteiger partial charge in [-0.05, 0) is 49.7 Å². The summed E-state index contributed by atoms with van der Waals surface area (Å²) in [5, 5.41) is 0.133. The topological polar surface area (TPSA) is 44.8 Å². The Hall–Kier alpha value is -1.17. The minimum Gasteiger partial charge on any atom is -0.543 e. The molecule has 1 rings (SSSR count). The van der Waals surface area contributed by atoms with Crippen LogP contribution in [-0.4, -0.2) is 33.6 Å². The predicted octanol–water partition coefficient (Wildman–Crippen LogP) is 4.58. The third kappa shape index (κ3) is 6.04. The first-order valence-corrected chi connectivity index (χ1v) is 11.6. The van der Waals surface area contributed by atoms with Gasteiger partial charge >= 0.3 is 0 Å². The zero-order valence-corrected chi connectivity index (χ0v) is 17.1. The van der Waals surface area contributed by atoms with Gasteiger partial charge in [0, 0.05) is 19.6 Å². The van der Waals surface area contributed by atoms with Gasteiger partial charge in [-0.25, -0.2) is 0 Å². The van der Waals surface area contributed by atoms with Crippen LogP contribution < -0.4 is 4.43 Å². The highest BCUT2D eigenvalue weighted by molar-refractivity contribution is 6.74. The third-order valence-electron chi connectivity index (χ3n) is 4.35. The van der Waals surface area contributed by atoms with E-state index in [0.29, 0.717) is 13.2 Å². The molecule has 136 valence electrons. The Morgan fingerprint density at radius 3 is 2.21 bits per heavy atom. The quantitative estimate of drug-likeness (QED) is 0.482. The van der Waals surface area contributed by atoms with Crippen LogP contribution in [0.15, 0.2) is 24.3 Å². The van der Waals surface area contributed by atoms with Gasteiger partial charge in [0.2, 0.25) is 14.6 Å². The minimum atomic E-state index is -1.89. The summed E-state index contributed by atoms with van der Waals surface area (Å²) in [6.45, 7) is 15.7. The van der Waals surface area contributed by atoms with Gasteiger partial charge < -0.3 is 13.9 Å². The average molecular weight is 353 g/mol. The lowest BCUT2D eigenvalue weighted by Crippen LogP contribution is -2.43. The van der Waals surface area contributed by atoms with Gasteiger partial charge in [-0.15, -0.1) is 0 Å². The van der Waals surface area contributed by atoms with E-state index in [1.54, 1.807) is 0 Å². The van der Waals surface area contributed by atoms with Crippen LogP contribution in [0, 0.1) is 0 Å². The summed E-state index contributed by atoms with van der Waals surface area (Å²) < 4.78 is 17.1. The smallest absolute Gasteiger partial charge is 0.250 e. The molecule has 0 atom stereocenters. The lowest BCUT2D eigenvalue weighted by molar-refractivity contribution is -0.167. The molecule has 0 unspecified atom stereocenters. The number of benzene rings is 1. The van der Waals surface area contributed by atoms with Gasteiger partial charge in [-0.3, -0.25) is 4.79 Å². The van der Waals surface area contributed by atoms with Crippen molar-refractivity contribution in [3.05, 3.63) is 29.8 Å². The van der Waals surface area contributed by atoms with E-state index in [0.717, 1.165) is 11.3 Å². The van der Waals surface area contributed by atoms with E-state index in [-0.39, 0.29) is 17.2 Å². The van der Waals surface area contributed by atoms with Gasteiger partial charge in [0.15, 0.2) is 5.78 Å². The first kappa shape index (κ1) is 20.9. The molecule has 0 aliphatic rings. The molecule has 0 aliphatic heterocycles. The van der Waals surface area contributed by atoms with Crippen molar-refractivity contribution < 1.29 is 18.7 Å². The van der Waals surface area contributed by atoms with E-state index in [1.807, 2.05) is 38.1 Å². The predicted molar refractivity (Wildman–Crippen MR) is 100 cm³/mol. The summed E-state index contributed by atoms with van der Waals surface area (Å²) in [5.74, 6) is 0.763. The maximum Gasteiger partial charge on any atom is 0.250 e. The van der Waals surface area contributed by atoms with Crippen molar-refractivity contribution in [3.63, 3.8) is 0 Å². The summed E-state index contributed by atoms with van der Waals surface area (Å²) in [6, 6.07) is 7.77. The number of carbonyl (C=O) groups excluding carboxylic acids is 1. The van der Waals surface area contributed by atoms with E-state index in [2.05, 4.69) is 33.9 Å². The fourth-order valence-corrected chi connectivity index (χ4v) is 3.01. The molecule has 1 aromatic carbocycles. The molecule has 0 fully saturated rings. The average Bonchev–Trinajstić information content (AvgIpc) is 2.45. The zero-order chi connectivity index (χ0) is 18.4. The van der Waals surface area contributed by atoms with Crippen molar-refractivity contribution in [3.8, 4) is 5.75 Å². The molecule has 4 nitrogen and oxygen atoms in total. The summed E-state index contributed by atoms with van der Waals surface area (Å²) in [7, 11) is -1.89. The maximum absolute atomic E-state index is 12.4. The van der Waals surface area contributed by atoms with Crippen molar-refractivity contribution in [2.24, 2.45) is 0 Å². The monoisotopic (exact) mass is 352 g/mol. The van der Waals surface area contributed by atoms with Crippen LogP contribution >= 0.6 is 0 Å². The lowest BCUT2D eigenvalue weighted by Gasteiger charge is -2.36. The summed E-state index contributed by atoms with van der Waals surface area (Å²) in [4.78, 5) is 12.4. The van der Waals surface area contributed by atoms with Crippen LogP contribution in [-0.2, 0) is 20.7 Å².